The van der Waals surface area contributed by atoms with E-state index in [0.717, 1.165) is 29.9 Å². The Morgan fingerprint density at radius 2 is 1.18 bits per heavy atom. The minimum Gasteiger partial charge on any atom is -0.494 e. The van der Waals surface area contributed by atoms with E-state index in [1.807, 2.05) is 0 Å². The molecule has 0 amide bonds. The van der Waals surface area contributed by atoms with Gasteiger partial charge in [0.15, 0.2) is 0 Å². The molecule has 0 spiro atoms. The predicted molar refractivity (Wildman–Crippen MR) is 143 cm³/mol. The molecule has 0 bridgehead atoms. The van der Waals surface area contributed by atoms with Crippen LogP contribution < -0.4 is 4.74 Å². The van der Waals surface area contributed by atoms with Crippen LogP contribution in [-0.2, 0) is 6.42 Å². The standard InChI is InChI=1S/C32H40O/c1-3-5-7-9-11-13-27-14-16-28(17-15-27)18-19-29-20-21-31-26-32(23-22-30(31)25-29)33-24-12-10-8-6-4-2/h14-17,20-23,25-26H,3-13,24H2,1-2H3. The van der Waals surface area contributed by atoms with Crippen molar-refractivity contribution in [1.82, 2.24) is 0 Å². The van der Waals surface area contributed by atoms with E-state index in [4.69, 9.17) is 4.74 Å². The van der Waals surface area contributed by atoms with E-state index in [2.05, 4.69) is 86.4 Å². The fourth-order valence-electron chi connectivity index (χ4n) is 4.12. The molecule has 3 rings (SSSR count). The Morgan fingerprint density at radius 3 is 1.94 bits per heavy atom. The summed E-state index contributed by atoms with van der Waals surface area (Å²) in [7, 11) is 0. The molecule has 0 aliphatic rings. The highest BCUT2D eigenvalue weighted by Crippen LogP contribution is 2.22. The molecule has 1 nitrogen and oxygen atoms in total. The van der Waals surface area contributed by atoms with E-state index < -0.39 is 0 Å². The van der Waals surface area contributed by atoms with E-state index in [9.17, 15) is 0 Å². The maximum absolute atomic E-state index is 5.95. The van der Waals surface area contributed by atoms with Gasteiger partial charge in [0.1, 0.15) is 5.75 Å². The first-order valence-electron chi connectivity index (χ1n) is 13.1. The van der Waals surface area contributed by atoms with Gasteiger partial charge in [-0.2, -0.15) is 0 Å². The number of unbranched alkanes of at least 4 members (excludes halogenated alkanes) is 8. The van der Waals surface area contributed by atoms with Gasteiger partial charge in [0.25, 0.3) is 0 Å². The summed E-state index contributed by atoms with van der Waals surface area (Å²) in [6.07, 6.45) is 14.1. The molecule has 0 heterocycles. The van der Waals surface area contributed by atoms with Gasteiger partial charge in [0.2, 0.25) is 0 Å². The molecule has 0 aliphatic carbocycles. The molecule has 33 heavy (non-hydrogen) atoms. The molecule has 0 unspecified atom stereocenters. The van der Waals surface area contributed by atoms with Gasteiger partial charge in [-0.3, -0.25) is 0 Å². The second-order valence-electron chi connectivity index (χ2n) is 9.10. The Morgan fingerprint density at radius 1 is 0.576 bits per heavy atom. The summed E-state index contributed by atoms with van der Waals surface area (Å²) >= 11 is 0. The number of hydrogen-bond acceptors (Lipinski definition) is 1. The minimum absolute atomic E-state index is 0.802. The first kappa shape index (κ1) is 24.9. The second-order valence-corrected chi connectivity index (χ2v) is 9.10. The second kappa shape index (κ2) is 14.4. The zero-order valence-corrected chi connectivity index (χ0v) is 20.7. The summed E-state index contributed by atoms with van der Waals surface area (Å²) < 4.78 is 5.95. The van der Waals surface area contributed by atoms with Crippen LogP contribution in [0.15, 0.2) is 60.7 Å². The highest BCUT2D eigenvalue weighted by Gasteiger charge is 2.00. The van der Waals surface area contributed by atoms with E-state index >= 15 is 0 Å². The average Bonchev–Trinajstić information content (AvgIpc) is 2.85. The van der Waals surface area contributed by atoms with Gasteiger partial charge >= 0.3 is 0 Å². The molecule has 3 aromatic rings. The van der Waals surface area contributed by atoms with Crippen LogP contribution in [0.4, 0.5) is 0 Å². The predicted octanol–water partition coefficient (Wildman–Crippen LogP) is 9.10. The van der Waals surface area contributed by atoms with Crippen molar-refractivity contribution in [3.05, 3.63) is 77.4 Å². The van der Waals surface area contributed by atoms with Crippen molar-refractivity contribution in [3.8, 4) is 17.6 Å². The Bertz CT molecular complexity index is 1020. The lowest BCUT2D eigenvalue weighted by Gasteiger charge is -2.07. The van der Waals surface area contributed by atoms with Crippen molar-refractivity contribution >= 4 is 10.8 Å². The number of ether oxygens (including phenoxy) is 1. The van der Waals surface area contributed by atoms with Gasteiger partial charge < -0.3 is 4.74 Å². The van der Waals surface area contributed by atoms with Gasteiger partial charge in [0.05, 0.1) is 6.61 Å². The van der Waals surface area contributed by atoms with E-state index in [1.54, 1.807) is 0 Å². The molecule has 174 valence electrons. The zero-order valence-electron chi connectivity index (χ0n) is 20.7. The number of benzene rings is 3. The third kappa shape index (κ3) is 8.97. The summed E-state index contributed by atoms with van der Waals surface area (Å²) in [4.78, 5) is 0. The van der Waals surface area contributed by atoms with Crippen LogP contribution in [0.3, 0.4) is 0 Å². The van der Waals surface area contributed by atoms with Crippen LogP contribution in [0.1, 0.15) is 94.7 Å². The molecule has 0 aliphatic heterocycles. The molecule has 0 atom stereocenters. The Kier molecular flexibility index (Phi) is 10.9. The van der Waals surface area contributed by atoms with Gasteiger partial charge in [-0.05, 0) is 72.0 Å². The van der Waals surface area contributed by atoms with Crippen LogP contribution in [-0.4, -0.2) is 6.61 Å². The number of rotatable bonds is 13. The van der Waals surface area contributed by atoms with Crippen LogP contribution in [0.2, 0.25) is 0 Å². The third-order valence-corrected chi connectivity index (χ3v) is 6.20. The molecule has 3 aromatic carbocycles. The normalized spacial score (nSPS) is 10.7. The van der Waals surface area contributed by atoms with Crippen molar-refractivity contribution < 1.29 is 4.74 Å². The summed E-state index contributed by atoms with van der Waals surface area (Å²) in [5.41, 5.74) is 3.54. The maximum Gasteiger partial charge on any atom is 0.119 e. The summed E-state index contributed by atoms with van der Waals surface area (Å²) in [5.74, 6) is 7.61. The summed E-state index contributed by atoms with van der Waals surface area (Å²) in [6.45, 7) is 5.31. The van der Waals surface area contributed by atoms with E-state index in [-0.39, 0.29) is 0 Å². The van der Waals surface area contributed by atoms with Crippen LogP contribution in [0.5, 0.6) is 5.75 Å². The SMILES string of the molecule is CCCCCCCOc1ccc2cc(C#Cc3ccc(CCCCCCC)cc3)ccc2c1. The monoisotopic (exact) mass is 440 g/mol. The molecule has 0 radical (unpaired) electrons. The summed E-state index contributed by atoms with van der Waals surface area (Å²) in [6, 6.07) is 21.5. The number of hydrogen-bond donors (Lipinski definition) is 0. The average molecular weight is 441 g/mol. The molecular weight excluding hydrogens is 400 g/mol. The molecule has 0 saturated carbocycles. The first-order valence-corrected chi connectivity index (χ1v) is 13.1. The topological polar surface area (TPSA) is 9.23 Å². The lowest BCUT2D eigenvalue weighted by atomic mass is 10.0. The van der Waals surface area contributed by atoms with Crippen molar-refractivity contribution in [3.63, 3.8) is 0 Å². The van der Waals surface area contributed by atoms with Crippen molar-refractivity contribution in [1.29, 1.82) is 0 Å². The van der Waals surface area contributed by atoms with Gasteiger partial charge in [-0.25, -0.2) is 0 Å². The Labute approximate surface area is 201 Å². The zero-order chi connectivity index (χ0) is 23.1. The van der Waals surface area contributed by atoms with Gasteiger partial charge in [-0.1, -0.05) is 101 Å². The van der Waals surface area contributed by atoms with Gasteiger partial charge in [-0.15, -0.1) is 0 Å². The fourth-order valence-corrected chi connectivity index (χ4v) is 4.12. The fraction of sp³-hybridized carbons (Fsp3) is 0.438. The lowest BCUT2D eigenvalue weighted by molar-refractivity contribution is 0.305. The smallest absolute Gasteiger partial charge is 0.119 e. The lowest BCUT2D eigenvalue weighted by Crippen LogP contribution is -1.97. The van der Waals surface area contributed by atoms with Crippen LogP contribution >= 0.6 is 0 Å². The van der Waals surface area contributed by atoms with Gasteiger partial charge in [0, 0.05) is 11.1 Å². The van der Waals surface area contributed by atoms with Crippen LogP contribution in [0, 0.1) is 11.8 Å². The highest BCUT2D eigenvalue weighted by atomic mass is 16.5. The van der Waals surface area contributed by atoms with Crippen molar-refractivity contribution in [2.45, 2.75) is 84.5 Å². The first-order chi connectivity index (χ1) is 16.3. The molecule has 1 heteroatoms. The number of fused-ring (bicyclic) bond motifs is 1. The molecule has 0 fully saturated rings. The minimum atomic E-state index is 0.802. The number of aryl methyl sites for hydroxylation is 1. The highest BCUT2D eigenvalue weighted by molar-refractivity contribution is 5.85. The van der Waals surface area contributed by atoms with Crippen LogP contribution in [0.25, 0.3) is 10.8 Å². The Hall–Kier alpha value is -2.72. The maximum atomic E-state index is 5.95. The summed E-state index contributed by atoms with van der Waals surface area (Å²) in [5, 5.41) is 2.41. The van der Waals surface area contributed by atoms with E-state index in [0.29, 0.717) is 0 Å². The van der Waals surface area contributed by atoms with Crippen molar-refractivity contribution in [2.24, 2.45) is 0 Å². The third-order valence-electron chi connectivity index (χ3n) is 6.20. The Balaban J connectivity index is 1.51. The molecular formula is C32H40O. The largest absolute Gasteiger partial charge is 0.494 e. The molecule has 0 saturated heterocycles. The molecule has 0 N–H and O–H groups in total. The molecule has 0 aromatic heterocycles. The quantitative estimate of drug-likeness (QED) is 0.190. The van der Waals surface area contributed by atoms with Crippen molar-refractivity contribution in [2.75, 3.05) is 6.61 Å². The van der Waals surface area contributed by atoms with E-state index in [1.165, 1.54) is 80.5 Å².